The molecule has 0 aliphatic carbocycles. The summed E-state index contributed by atoms with van der Waals surface area (Å²) >= 11 is 5.82. The third-order valence-electron chi connectivity index (χ3n) is 3.30. The lowest BCUT2D eigenvalue weighted by Gasteiger charge is -2.20. The van der Waals surface area contributed by atoms with Crippen LogP contribution in [0.15, 0.2) is 53.6 Å². The number of hydrogen-bond donors (Lipinski definition) is 1. The Morgan fingerprint density at radius 3 is 2.67 bits per heavy atom. The highest BCUT2D eigenvalue weighted by Crippen LogP contribution is 2.15. The van der Waals surface area contributed by atoms with Crippen LogP contribution >= 0.6 is 11.6 Å². The molecule has 0 spiro atoms. The van der Waals surface area contributed by atoms with Crippen molar-refractivity contribution in [3.8, 4) is 0 Å². The second kappa shape index (κ2) is 8.23. The summed E-state index contributed by atoms with van der Waals surface area (Å²) in [6, 6.07) is 11.4. The van der Waals surface area contributed by atoms with E-state index in [2.05, 4.69) is 9.71 Å². The van der Waals surface area contributed by atoms with Gasteiger partial charge in [0, 0.05) is 31.2 Å². The molecule has 1 aromatic carbocycles. The van der Waals surface area contributed by atoms with Crippen LogP contribution in [0.1, 0.15) is 12.6 Å². The fourth-order valence-corrected chi connectivity index (χ4v) is 3.39. The molecule has 0 fully saturated rings. The smallest absolute Gasteiger partial charge is 0.240 e. The second-order valence-electron chi connectivity index (χ2n) is 5.12. The first-order valence-corrected chi connectivity index (χ1v) is 9.15. The van der Waals surface area contributed by atoms with Crippen LogP contribution in [0.4, 0.5) is 0 Å². The summed E-state index contributed by atoms with van der Waals surface area (Å²) in [5.41, 5.74) is 0.741. The molecule has 0 atom stereocenters. The number of benzene rings is 1. The van der Waals surface area contributed by atoms with Crippen LogP contribution in [0.5, 0.6) is 0 Å². The van der Waals surface area contributed by atoms with Gasteiger partial charge in [-0.05, 0) is 30.3 Å². The number of sulfonamides is 1. The zero-order chi connectivity index (χ0) is 17.6. The molecule has 6 nitrogen and oxygen atoms in total. The second-order valence-corrected chi connectivity index (χ2v) is 7.32. The van der Waals surface area contributed by atoms with Gasteiger partial charge in [0.2, 0.25) is 15.9 Å². The third-order valence-corrected chi connectivity index (χ3v) is 5.00. The molecular formula is C16H18ClN3O3S. The van der Waals surface area contributed by atoms with Gasteiger partial charge >= 0.3 is 0 Å². The van der Waals surface area contributed by atoms with E-state index in [4.69, 9.17) is 11.6 Å². The molecule has 0 unspecified atom stereocenters. The Balaban J connectivity index is 1.96. The lowest BCUT2D eigenvalue weighted by atomic mass is 10.3. The van der Waals surface area contributed by atoms with Crippen LogP contribution in [0, 0.1) is 0 Å². The number of nitrogens with one attached hydrogen (secondary N) is 1. The van der Waals surface area contributed by atoms with Crippen molar-refractivity contribution in [3.63, 3.8) is 0 Å². The van der Waals surface area contributed by atoms with Crippen molar-refractivity contribution in [2.75, 3.05) is 13.1 Å². The van der Waals surface area contributed by atoms with Crippen molar-refractivity contribution in [3.05, 3.63) is 59.4 Å². The summed E-state index contributed by atoms with van der Waals surface area (Å²) in [5.74, 6) is -0.150. The molecule has 0 aliphatic heterocycles. The number of aromatic nitrogens is 1. The zero-order valence-electron chi connectivity index (χ0n) is 13.1. The van der Waals surface area contributed by atoms with Gasteiger partial charge in [0.05, 0.1) is 17.1 Å². The monoisotopic (exact) mass is 367 g/mol. The molecule has 1 N–H and O–H groups in total. The van der Waals surface area contributed by atoms with E-state index < -0.39 is 10.0 Å². The van der Waals surface area contributed by atoms with Gasteiger partial charge in [-0.25, -0.2) is 13.1 Å². The molecule has 2 aromatic rings. The maximum Gasteiger partial charge on any atom is 0.240 e. The fraction of sp³-hybridized carbons (Fsp3) is 0.250. The number of hydrogen-bond acceptors (Lipinski definition) is 4. The molecular weight excluding hydrogens is 350 g/mol. The molecule has 128 valence electrons. The van der Waals surface area contributed by atoms with Crippen LogP contribution in [0.25, 0.3) is 0 Å². The lowest BCUT2D eigenvalue weighted by Crippen LogP contribution is -2.37. The lowest BCUT2D eigenvalue weighted by molar-refractivity contribution is -0.129. The van der Waals surface area contributed by atoms with Crippen molar-refractivity contribution in [2.24, 2.45) is 0 Å². The number of carbonyl (C=O) groups excluding carboxylic acids is 1. The summed E-state index contributed by atoms with van der Waals surface area (Å²) in [4.78, 5) is 17.5. The highest BCUT2D eigenvalue weighted by atomic mass is 35.5. The van der Waals surface area contributed by atoms with Crippen LogP contribution in [-0.4, -0.2) is 37.3 Å². The van der Waals surface area contributed by atoms with Crippen LogP contribution < -0.4 is 4.72 Å². The minimum absolute atomic E-state index is 0.0918. The van der Waals surface area contributed by atoms with E-state index >= 15 is 0 Å². The molecule has 2 rings (SSSR count). The van der Waals surface area contributed by atoms with E-state index in [0.717, 1.165) is 5.69 Å². The zero-order valence-corrected chi connectivity index (χ0v) is 14.7. The Bertz CT molecular complexity index is 797. The number of nitrogens with zero attached hydrogens (tertiary/aromatic N) is 2. The molecule has 0 saturated heterocycles. The number of halogens is 1. The van der Waals surface area contributed by atoms with Gasteiger partial charge in [-0.15, -0.1) is 0 Å². The Kier molecular flexibility index (Phi) is 6.30. The predicted molar refractivity (Wildman–Crippen MR) is 92.0 cm³/mol. The Labute approximate surface area is 146 Å². The highest BCUT2D eigenvalue weighted by molar-refractivity contribution is 7.89. The summed E-state index contributed by atoms with van der Waals surface area (Å²) in [5, 5.41) is 0.346. The van der Waals surface area contributed by atoms with E-state index in [9.17, 15) is 13.2 Å². The fourth-order valence-electron chi connectivity index (χ4n) is 2.07. The van der Waals surface area contributed by atoms with Gasteiger partial charge < -0.3 is 4.90 Å². The first-order valence-electron chi connectivity index (χ1n) is 7.29. The van der Waals surface area contributed by atoms with E-state index in [-0.39, 0.29) is 23.9 Å². The van der Waals surface area contributed by atoms with E-state index in [1.165, 1.54) is 24.0 Å². The predicted octanol–water partition coefficient (Wildman–Crippen LogP) is 2.06. The average Bonchev–Trinajstić information content (AvgIpc) is 2.54. The molecule has 0 aliphatic rings. The third kappa shape index (κ3) is 5.30. The summed E-state index contributed by atoms with van der Waals surface area (Å²) in [7, 11) is -3.67. The number of rotatable bonds is 7. The standard InChI is InChI=1S/C16H18ClN3O3S/c1-13(21)20(12-15-6-2-3-8-18-15)10-9-19-24(22,23)16-7-4-5-14(17)11-16/h2-8,11,19H,9-10,12H2,1H3. The summed E-state index contributed by atoms with van der Waals surface area (Å²) < 4.78 is 26.9. The van der Waals surface area contributed by atoms with Crippen molar-refractivity contribution >= 4 is 27.5 Å². The van der Waals surface area contributed by atoms with Gasteiger partial charge in [0.25, 0.3) is 0 Å². The van der Waals surface area contributed by atoms with E-state index in [1.54, 1.807) is 24.4 Å². The molecule has 0 bridgehead atoms. The van der Waals surface area contributed by atoms with Gasteiger partial charge in [-0.3, -0.25) is 9.78 Å². The highest BCUT2D eigenvalue weighted by Gasteiger charge is 2.16. The molecule has 24 heavy (non-hydrogen) atoms. The minimum Gasteiger partial charge on any atom is -0.336 e. The first kappa shape index (κ1) is 18.4. The number of pyridine rings is 1. The maximum atomic E-state index is 12.2. The topological polar surface area (TPSA) is 79.4 Å². The minimum atomic E-state index is -3.67. The van der Waals surface area contributed by atoms with E-state index in [0.29, 0.717) is 11.6 Å². The summed E-state index contributed by atoms with van der Waals surface area (Å²) in [6.45, 7) is 2.11. The van der Waals surface area contributed by atoms with Crippen LogP contribution in [0.3, 0.4) is 0 Å². The Morgan fingerprint density at radius 1 is 1.25 bits per heavy atom. The van der Waals surface area contributed by atoms with Gasteiger partial charge in [-0.2, -0.15) is 0 Å². The molecule has 1 aromatic heterocycles. The molecule has 1 amide bonds. The molecule has 1 heterocycles. The van der Waals surface area contributed by atoms with Crippen molar-refractivity contribution < 1.29 is 13.2 Å². The van der Waals surface area contributed by atoms with Crippen molar-refractivity contribution in [1.29, 1.82) is 0 Å². The van der Waals surface area contributed by atoms with Gasteiger partial charge in [0.1, 0.15) is 0 Å². The Hall–Kier alpha value is -1.96. The Morgan fingerprint density at radius 2 is 2.04 bits per heavy atom. The molecule has 8 heteroatoms. The normalized spacial score (nSPS) is 11.2. The van der Waals surface area contributed by atoms with Gasteiger partial charge in [0.15, 0.2) is 0 Å². The van der Waals surface area contributed by atoms with E-state index in [1.807, 2.05) is 12.1 Å². The number of carbonyl (C=O) groups is 1. The SMILES string of the molecule is CC(=O)N(CCNS(=O)(=O)c1cccc(Cl)c1)Cc1ccccn1. The quantitative estimate of drug-likeness (QED) is 0.812. The average molecular weight is 368 g/mol. The summed E-state index contributed by atoms with van der Waals surface area (Å²) in [6.07, 6.45) is 1.65. The first-order chi connectivity index (χ1) is 11.4. The maximum absolute atomic E-state index is 12.2. The van der Waals surface area contributed by atoms with Gasteiger partial charge in [-0.1, -0.05) is 23.7 Å². The molecule has 0 saturated carbocycles. The van der Waals surface area contributed by atoms with Crippen LogP contribution in [-0.2, 0) is 21.4 Å². The largest absolute Gasteiger partial charge is 0.336 e. The van der Waals surface area contributed by atoms with Crippen molar-refractivity contribution in [1.82, 2.24) is 14.6 Å². The van der Waals surface area contributed by atoms with Crippen LogP contribution in [0.2, 0.25) is 5.02 Å². The molecule has 0 radical (unpaired) electrons. The number of amides is 1. The van der Waals surface area contributed by atoms with Crippen molar-refractivity contribution in [2.45, 2.75) is 18.4 Å².